The molecule has 0 aromatic heterocycles. The van der Waals surface area contributed by atoms with E-state index < -0.39 is 11.7 Å². The van der Waals surface area contributed by atoms with Crippen molar-refractivity contribution >= 4 is 6.09 Å². The van der Waals surface area contributed by atoms with Crippen LogP contribution in [0.2, 0.25) is 0 Å². The number of nitrogens with zero attached hydrogens (tertiary/aromatic N) is 1. The number of carbonyl (C=O) groups is 1. The molecule has 19 heavy (non-hydrogen) atoms. The molecular formula is C13H29N3O3. The van der Waals surface area contributed by atoms with E-state index >= 15 is 0 Å². The van der Waals surface area contributed by atoms with Crippen LogP contribution in [-0.4, -0.2) is 62.5 Å². The van der Waals surface area contributed by atoms with Gasteiger partial charge in [0.15, 0.2) is 0 Å². The summed E-state index contributed by atoms with van der Waals surface area (Å²) < 4.78 is 10.3. The first kappa shape index (κ1) is 18.1. The first-order chi connectivity index (χ1) is 8.71. The summed E-state index contributed by atoms with van der Waals surface area (Å²) in [6.07, 6.45) is -0.418. The molecule has 0 saturated carbocycles. The van der Waals surface area contributed by atoms with E-state index in [0.29, 0.717) is 13.2 Å². The number of methoxy groups -OCH3 is 1. The van der Waals surface area contributed by atoms with Gasteiger partial charge in [-0.2, -0.15) is 0 Å². The molecule has 0 aromatic rings. The summed E-state index contributed by atoms with van der Waals surface area (Å²) in [7, 11) is 3.62. The molecule has 0 bridgehead atoms. The molecular weight excluding hydrogens is 246 g/mol. The smallest absolute Gasteiger partial charge is 0.407 e. The van der Waals surface area contributed by atoms with Crippen LogP contribution in [0, 0.1) is 0 Å². The predicted molar refractivity (Wildman–Crippen MR) is 76.2 cm³/mol. The second-order valence-corrected chi connectivity index (χ2v) is 5.71. The minimum atomic E-state index is -0.496. The fourth-order valence-corrected chi connectivity index (χ4v) is 1.76. The lowest BCUT2D eigenvalue weighted by Gasteiger charge is -2.32. The Labute approximate surface area is 116 Å². The number of nitrogens with two attached hydrogens (primary N) is 1. The van der Waals surface area contributed by atoms with Crippen molar-refractivity contribution in [2.24, 2.45) is 5.73 Å². The Morgan fingerprint density at radius 2 is 2.00 bits per heavy atom. The van der Waals surface area contributed by atoms with Gasteiger partial charge in [-0.25, -0.2) is 4.79 Å². The molecule has 0 spiro atoms. The van der Waals surface area contributed by atoms with Crippen LogP contribution < -0.4 is 11.1 Å². The maximum absolute atomic E-state index is 11.7. The van der Waals surface area contributed by atoms with E-state index in [4.69, 9.17) is 15.2 Å². The average Bonchev–Trinajstić information content (AvgIpc) is 2.24. The van der Waals surface area contributed by atoms with Crippen LogP contribution in [0.4, 0.5) is 4.79 Å². The fraction of sp³-hybridized carbons (Fsp3) is 0.923. The number of ether oxygens (including phenoxy) is 2. The van der Waals surface area contributed by atoms with Gasteiger partial charge in [0, 0.05) is 32.3 Å². The maximum atomic E-state index is 11.7. The van der Waals surface area contributed by atoms with Crippen molar-refractivity contribution in [2.75, 3.05) is 33.9 Å². The molecule has 3 N–H and O–H groups in total. The molecule has 0 aliphatic rings. The molecule has 1 amide bonds. The molecule has 6 heteroatoms. The zero-order valence-corrected chi connectivity index (χ0v) is 13.0. The summed E-state index contributed by atoms with van der Waals surface area (Å²) in [5.74, 6) is 0. The van der Waals surface area contributed by atoms with E-state index in [1.54, 1.807) is 7.11 Å². The van der Waals surface area contributed by atoms with E-state index in [9.17, 15) is 4.79 Å². The Morgan fingerprint density at radius 1 is 1.42 bits per heavy atom. The normalized spacial score (nSPS) is 15.2. The standard InChI is InChI=1S/C13H29N3O3/c1-10(15-12(17)19-13(2,3)4)11(9-14)16(5)7-8-18-6/h10-11H,7-9,14H2,1-6H3,(H,15,17). The third kappa shape index (κ3) is 8.02. The van der Waals surface area contributed by atoms with Crippen molar-refractivity contribution in [3.05, 3.63) is 0 Å². The van der Waals surface area contributed by atoms with Crippen LogP contribution in [0.1, 0.15) is 27.7 Å². The Balaban J connectivity index is 4.34. The van der Waals surface area contributed by atoms with Gasteiger partial charge >= 0.3 is 6.09 Å². The molecule has 0 saturated heterocycles. The van der Waals surface area contributed by atoms with Gasteiger partial charge in [0.25, 0.3) is 0 Å². The molecule has 0 aliphatic heterocycles. The summed E-state index contributed by atoms with van der Waals surface area (Å²) in [5, 5.41) is 2.82. The lowest BCUT2D eigenvalue weighted by atomic mass is 10.1. The third-order valence-corrected chi connectivity index (χ3v) is 2.78. The maximum Gasteiger partial charge on any atom is 0.407 e. The van der Waals surface area contributed by atoms with Crippen molar-refractivity contribution in [3.63, 3.8) is 0 Å². The highest BCUT2D eigenvalue weighted by Gasteiger charge is 2.24. The number of hydrogen-bond donors (Lipinski definition) is 2. The van der Waals surface area contributed by atoms with E-state index in [2.05, 4.69) is 10.2 Å². The molecule has 0 fully saturated rings. The van der Waals surface area contributed by atoms with Gasteiger partial charge in [-0.1, -0.05) is 0 Å². The molecule has 0 heterocycles. The first-order valence-corrected chi connectivity index (χ1v) is 6.60. The highest BCUT2D eigenvalue weighted by molar-refractivity contribution is 5.68. The van der Waals surface area contributed by atoms with Crippen molar-refractivity contribution in [3.8, 4) is 0 Å². The number of alkyl carbamates (subject to hydrolysis) is 1. The highest BCUT2D eigenvalue weighted by Crippen LogP contribution is 2.08. The monoisotopic (exact) mass is 275 g/mol. The molecule has 2 atom stereocenters. The number of amides is 1. The van der Waals surface area contributed by atoms with Crippen molar-refractivity contribution < 1.29 is 14.3 Å². The number of likely N-dealkylation sites (N-methyl/N-ethyl adjacent to an activating group) is 1. The quantitative estimate of drug-likeness (QED) is 0.719. The van der Waals surface area contributed by atoms with Crippen LogP contribution in [0.5, 0.6) is 0 Å². The minimum Gasteiger partial charge on any atom is -0.444 e. The molecule has 2 unspecified atom stereocenters. The van der Waals surface area contributed by atoms with Crippen molar-refractivity contribution in [1.82, 2.24) is 10.2 Å². The van der Waals surface area contributed by atoms with E-state index in [-0.39, 0.29) is 12.1 Å². The third-order valence-electron chi connectivity index (χ3n) is 2.78. The Bertz CT molecular complexity index is 266. The fourth-order valence-electron chi connectivity index (χ4n) is 1.76. The van der Waals surface area contributed by atoms with Gasteiger partial charge in [-0.05, 0) is 34.7 Å². The van der Waals surface area contributed by atoms with Gasteiger partial charge < -0.3 is 20.5 Å². The molecule has 0 radical (unpaired) electrons. The highest BCUT2D eigenvalue weighted by atomic mass is 16.6. The number of nitrogens with one attached hydrogen (secondary N) is 1. The summed E-state index contributed by atoms with van der Waals surface area (Å²) in [6, 6.07) is -0.0515. The SMILES string of the molecule is COCCN(C)C(CN)C(C)NC(=O)OC(C)(C)C. The second-order valence-electron chi connectivity index (χ2n) is 5.71. The minimum absolute atomic E-state index is 0.0441. The Morgan fingerprint density at radius 3 is 2.42 bits per heavy atom. The number of rotatable bonds is 7. The topological polar surface area (TPSA) is 76.8 Å². The lowest BCUT2D eigenvalue weighted by Crippen LogP contribution is -2.53. The molecule has 0 rings (SSSR count). The van der Waals surface area contributed by atoms with Gasteiger partial charge in [0.2, 0.25) is 0 Å². The zero-order chi connectivity index (χ0) is 15.1. The van der Waals surface area contributed by atoms with Gasteiger partial charge in [0.05, 0.1) is 6.61 Å². The van der Waals surface area contributed by atoms with Crippen LogP contribution in [0.15, 0.2) is 0 Å². The number of hydrogen-bond acceptors (Lipinski definition) is 5. The molecule has 0 aliphatic carbocycles. The van der Waals surface area contributed by atoms with Crippen molar-refractivity contribution in [1.29, 1.82) is 0 Å². The van der Waals surface area contributed by atoms with Crippen LogP contribution >= 0.6 is 0 Å². The molecule has 114 valence electrons. The summed E-state index contributed by atoms with van der Waals surface area (Å²) in [4.78, 5) is 13.8. The van der Waals surface area contributed by atoms with Crippen LogP contribution in [0.3, 0.4) is 0 Å². The Hall–Kier alpha value is -0.850. The molecule has 6 nitrogen and oxygen atoms in total. The second kappa shape index (κ2) is 8.35. The predicted octanol–water partition coefficient (Wildman–Crippen LogP) is 0.805. The average molecular weight is 275 g/mol. The van der Waals surface area contributed by atoms with E-state index in [1.165, 1.54) is 0 Å². The van der Waals surface area contributed by atoms with Gasteiger partial charge in [-0.3, -0.25) is 4.90 Å². The van der Waals surface area contributed by atoms with Crippen LogP contribution in [-0.2, 0) is 9.47 Å². The Kier molecular flexibility index (Phi) is 7.97. The lowest BCUT2D eigenvalue weighted by molar-refractivity contribution is 0.0470. The first-order valence-electron chi connectivity index (χ1n) is 6.60. The van der Waals surface area contributed by atoms with Gasteiger partial charge in [-0.15, -0.1) is 0 Å². The van der Waals surface area contributed by atoms with E-state index in [1.807, 2.05) is 34.7 Å². The zero-order valence-electron chi connectivity index (χ0n) is 13.0. The van der Waals surface area contributed by atoms with E-state index in [0.717, 1.165) is 6.54 Å². The summed E-state index contributed by atoms with van der Waals surface area (Å²) in [5.41, 5.74) is 5.28. The largest absolute Gasteiger partial charge is 0.444 e. The van der Waals surface area contributed by atoms with Crippen molar-refractivity contribution in [2.45, 2.75) is 45.4 Å². The van der Waals surface area contributed by atoms with Crippen LogP contribution in [0.25, 0.3) is 0 Å². The number of carbonyl (C=O) groups excluding carboxylic acids is 1. The van der Waals surface area contributed by atoms with Gasteiger partial charge in [0.1, 0.15) is 5.60 Å². The summed E-state index contributed by atoms with van der Waals surface area (Å²) >= 11 is 0. The molecule has 0 aromatic carbocycles. The summed E-state index contributed by atoms with van der Waals surface area (Å²) in [6.45, 7) is 9.28.